The summed E-state index contributed by atoms with van der Waals surface area (Å²) in [7, 11) is 0. The van der Waals surface area contributed by atoms with Gasteiger partial charge in [-0.25, -0.2) is 4.79 Å². The first kappa shape index (κ1) is 60.5. The molecule has 0 bridgehead atoms. The molecule has 65 heavy (non-hydrogen) atoms. The van der Waals surface area contributed by atoms with Gasteiger partial charge < -0.3 is 63.6 Å². The summed E-state index contributed by atoms with van der Waals surface area (Å²) in [5, 5.41) is 49.9. The lowest BCUT2D eigenvalue weighted by Gasteiger charge is -2.30. The Balaban J connectivity index is 6.10. The van der Waals surface area contributed by atoms with Crippen LogP contribution in [-0.4, -0.2) is 148 Å². The third kappa shape index (κ3) is 23.0. The van der Waals surface area contributed by atoms with Gasteiger partial charge in [0.1, 0.15) is 48.3 Å². The van der Waals surface area contributed by atoms with Gasteiger partial charge in [0.15, 0.2) is 0 Å². The molecule has 0 aliphatic heterocycles. The molecule has 0 saturated heterocycles. The van der Waals surface area contributed by atoms with Crippen LogP contribution in [0.15, 0.2) is 0 Å². The van der Waals surface area contributed by atoms with Gasteiger partial charge in [0.2, 0.25) is 47.3 Å². The minimum absolute atomic E-state index is 0.0548. The monoisotopic (exact) mass is 946 g/mol. The zero-order chi connectivity index (χ0) is 50.5. The number of carboxylic acid groups (broad SMARTS) is 1. The molecule has 374 valence electrons. The van der Waals surface area contributed by atoms with E-state index in [4.69, 9.17) is 5.73 Å². The normalized spacial score (nSPS) is 16.2. The molecule has 0 radical (unpaired) electrons. The van der Waals surface area contributed by atoms with Crippen LogP contribution in [0.5, 0.6) is 0 Å². The predicted octanol–water partition coefficient (Wildman–Crippen LogP) is -1.13. The summed E-state index contributed by atoms with van der Waals surface area (Å²) >= 11 is 1.39. The van der Waals surface area contributed by atoms with Gasteiger partial charge >= 0.3 is 5.97 Å². The second-order valence-corrected chi connectivity index (χ2v) is 19.5. The molecule has 0 unspecified atom stereocenters. The maximum atomic E-state index is 13.9. The highest BCUT2D eigenvalue weighted by molar-refractivity contribution is 7.98. The van der Waals surface area contributed by atoms with Crippen molar-refractivity contribution in [1.29, 1.82) is 0 Å². The van der Waals surface area contributed by atoms with E-state index in [2.05, 4.69) is 42.5 Å². The molecule has 8 amide bonds. The van der Waals surface area contributed by atoms with Gasteiger partial charge in [-0.05, 0) is 81.1 Å². The van der Waals surface area contributed by atoms with Crippen molar-refractivity contribution >= 4 is 65.0 Å². The molecule has 10 atom stereocenters. The molecule has 0 aromatic rings. The zero-order valence-electron chi connectivity index (χ0n) is 40.4. The summed E-state index contributed by atoms with van der Waals surface area (Å²) in [5.74, 6) is -8.26. The van der Waals surface area contributed by atoms with Crippen molar-refractivity contribution in [2.75, 3.05) is 18.6 Å². The Bertz CT molecular complexity index is 1590. The lowest BCUT2D eigenvalue weighted by molar-refractivity contribution is -0.143. The lowest BCUT2D eigenvalue weighted by atomic mass is 9.97. The van der Waals surface area contributed by atoms with E-state index in [0.717, 1.165) is 0 Å². The SMILES string of the molecule is CSCC[C@H](NC(=O)[C@@H](NC(=O)[C@@H](NC(=O)[C@H](CC(C)C)NC(=O)[C@H](CC(C)C)NC(=O)[C@@H](N)[C@@H](C)O)C(C)C)C(C)C)C(=O)NCC(=O)N[C@H](C(=O)N[C@@H](CC(C)C)C(=O)O)[C@@H](C)O. The van der Waals surface area contributed by atoms with E-state index in [0.29, 0.717) is 5.75 Å². The van der Waals surface area contributed by atoms with Crippen molar-refractivity contribution < 1.29 is 58.5 Å². The van der Waals surface area contributed by atoms with Crippen LogP contribution in [0, 0.1) is 29.6 Å². The van der Waals surface area contributed by atoms with Crippen LogP contribution in [0.25, 0.3) is 0 Å². The fourth-order valence-corrected chi connectivity index (χ4v) is 6.84. The molecule has 13 N–H and O–H groups in total. The zero-order valence-corrected chi connectivity index (χ0v) is 41.2. The maximum Gasteiger partial charge on any atom is 0.326 e. The van der Waals surface area contributed by atoms with Crippen LogP contribution in [0.2, 0.25) is 0 Å². The van der Waals surface area contributed by atoms with E-state index >= 15 is 0 Å². The Kier molecular flexibility index (Phi) is 27.8. The van der Waals surface area contributed by atoms with E-state index in [1.807, 2.05) is 27.7 Å². The van der Waals surface area contributed by atoms with Crippen molar-refractivity contribution in [3.05, 3.63) is 0 Å². The smallest absolute Gasteiger partial charge is 0.326 e. The summed E-state index contributed by atoms with van der Waals surface area (Å²) in [6, 6.07) is -9.90. The largest absolute Gasteiger partial charge is 0.480 e. The van der Waals surface area contributed by atoms with Crippen molar-refractivity contribution in [3.63, 3.8) is 0 Å². The topological polar surface area (TPSA) is 337 Å². The first-order valence-corrected chi connectivity index (χ1v) is 23.7. The van der Waals surface area contributed by atoms with Gasteiger partial charge in [0.05, 0.1) is 18.8 Å². The fraction of sp³-hybridized carbons (Fsp3) is 0.791. The highest BCUT2D eigenvalue weighted by Gasteiger charge is 2.36. The molecule has 0 aliphatic rings. The van der Waals surface area contributed by atoms with E-state index in [9.17, 15) is 58.5 Å². The molecule has 0 aromatic carbocycles. The first-order valence-electron chi connectivity index (χ1n) is 22.3. The summed E-state index contributed by atoms with van der Waals surface area (Å²) < 4.78 is 0. The summed E-state index contributed by atoms with van der Waals surface area (Å²) in [6.45, 7) is 19.5. The van der Waals surface area contributed by atoms with Crippen molar-refractivity contribution in [2.45, 2.75) is 169 Å². The Morgan fingerprint density at radius 2 is 0.862 bits per heavy atom. The molecule has 21 nitrogen and oxygen atoms in total. The van der Waals surface area contributed by atoms with E-state index < -0.39 is 132 Å². The minimum atomic E-state index is -1.54. The Morgan fingerprint density at radius 1 is 0.477 bits per heavy atom. The number of nitrogens with one attached hydrogen (secondary N) is 8. The van der Waals surface area contributed by atoms with Crippen LogP contribution in [0.4, 0.5) is 0 Å². The molecule has 22 heteroatoms. The quantitative estimate of drug-likeness (QED) is 0.0406. The second-order valence-electron chi connectivity index (χ2n) is 18.5. The van der Waals surface area contributed by atoms with Gasteiger partial charge in [-0.3, -0.25) is 38.4 Å². The van der Waals surface area contributed by atoms with E-state index in [-0.39, 0.29) is 43.4 Å². The number of rotatable bonds is 30. The number of carboxylic acids is 1. The van der Waals surface area contributed by atoms with E-state index in [1.165, 1.54) is 25.6 Å². The van der Waals surface area contributed by atoms with Crippen LogP contribution in [0.1, 0.15) is 109 Å². The molecular formula is C43H79N9O12S. The Labute approximate surface area is 388 Å². The number of aliphatic hydroxyl groups is 2. The third-order valence-corrected chi connectivity index (χ3v) is 10.7. The summed E-state index contributed by atoms with van der Waals surface area (Å²) in [4.78, 5) is 119. The van der Waals surface area contributed by atoms with Gasteiger partial charge in [0.25, 0.3) is 0 Å². The maximum absolute atomic E-state index is 13.9. The summed E-state index contributed by atoms with van der Waals surface area (Å²) in [6.07, 6.45) is -0.236. The number of hydrogen-bond acceptors (Lipinski definition) is 13. The Morgan fingerprint density at radius 3 is 1.28 bits per heavy atom. The van der Waals surface area contributed by atoms with Gasteiger partial charge in [-0.1, -0.05) is 69.2 Å². The highest BCUT2D eigenvalue weighted by atomic mass is 32.2. The molecule has 0 rings (SSSR count). The fourth-order valence-electron chi connectivity index (χ4n) is 6.37. The number of amides is 8. The number of carbonyl (C=O) groups excluding carboxylic acids is 8. The second kappa shape index (κ2) is 29.9. The minimum Gasteiger partial charge on any atom is -0.480 e. The Hall–Kier alpha value is -4.54. The number of nitrogens with two attached hydrogens (primary N) is 1. The molecule has 0 fully saturated rings. The first-order chi connectivity index (χ1) is 30.0. The van der Waals surface area contributed by atoms with Crippen LogP contribution in [-0.2, 0) is 43.2 Å². The standard InChI is InChI=1S/C43H79N9O12S/c1-20(2)16-28(48-39(59)32(44)25(11)53)37(57)47-29(17-21(3)4)38(58)51-34(24(9)10)41(61)52-33(23(7)8)40(60)46-27(14-15-65-13)36(56)45-19-31(55)50-35(26(12)54)42(62)49-30(43(63)64)18-22(5)6/h20-30,32-35,53-54H,14-19,44H2,1-13H3,(H,45,56)(H,46,60)(H,47,57)(H,48,59)(H,49,62)(H,50,55)(H,51,58)(H,52,61)(H,63,64)/t25-,26-,27+,28+,29+,30+,32+,33+,34+,35+/m1/s1. The van der Waals surface area contributed by atoms with Crippen molar-refractivity contribution in [1.82, 2.24) is 42.5 Å². The van der Waals surface area contributed by atoms with Gasteiger partial charge in [0, 0.05) is 0 Å². The molecule has 0 spiro atoms. The number of hydrogen-bond donors (Lipinski definition) is 12. The van der Waals surface area contributed by atoms with Crippen LogP contribution in [0.3, 0.4) is 0 Å². The van der Waals surface area contributed by atoms with Crippen molar-refractivity contribution in [2.24, 2.45) is 35.3 Å². The molecular weight excluding hydrogens is 867 g/mol. The average Bonchev–Trinajstić information content (AvgIpc) is 3.18. The molecule has 0 heterocycles. The van der Waals surface area contributed by atoms with Crippen LogP contribution < -0.4 is 48.3 Å². The van der Waals surface area contributed by atoms with Gasteiger partial charge in [-0.15, -0.1) is 0 Å². The third-order valence-electron chi connectivity index (χ3n) is 10.1. The number of carbonyl (C=O) groups is 9. The van der Waals surface area contributed by atoms with Crippen LogP contribution >= 0.6 is 11.8 Å². The van der Waals surface area contributed by atoms with Gasteiger partial charge in [-0.2, -0.15) is 11.8 Å². The molecule has 0 aliphatic carbocycles. The van der Waals surface area contributed by atoms with E-state index in [1.54, 1.807) is 47.8 Å². The summed E-state index contributed by atoms with van der Waals surface area (Å²) in [5.41, 5.74) is 5.79. The highest BCUT2D eigenvalue weighted by Crippen LogP contribution is 2.13. The number of aliphatic hydroxyl groups excluding tert-OH is 2. The number of aliphatic carboxylic acids is 1. The number of thioether (sulfide) groups is 1. The lowest BCUT2D eigenvalue weighted by Crippen LogP contribution is -2.61. The van der Waals surface area contributed by atoms with Crippen molar-refractivity contribution in [3.8, 4) is 0 Å². The molecule has 0 saturated carbocycles. The predicted molar refractivity (Wildman–Crippen MR) is 247 cm³/mol. The average molecular weight is 946 g/mol. The molecule has 0 aromatic heterocycles.